The Labute approximate surface area is 206 Å². The highest BCUT2D eigenvalue weighted by molar-refractivity contribution is 14.0. The Morgan fingerprint density at radius 3 is 2.45 bits per heavy atom. The second-order valence-corrected chi connectivity index (χ2v) is 8.55. The molecule has 0 fully saturated rings. The van der Waals surface area contributed by atoms with Crippen LogP contribution in [0.25, 0.3) is 0 Å². The average molecular weight is 544 g/mol. The third kappa shape index (κ3) is 9.35. The molecular weight excluding hydrogens is 501 g/mol. The number of rotatable bonds is 10. The molecule has 1 aliphatic heterocycles. The molecule has 2 N–H and O–H groups in total. The first kappa shape index (κ1) is 27.7. The first-order valence-electron chi connectivity index (χ1n) is 11.5. The van der Waals surface area contributed by atoms with Crippen LogP contribution in [0.2, 0.25) is 0 Å². The molecule has 0 bridgehead atoms. The van der Waals surface area contributed by atoms with Crippen molar-refractivity contribution in [1.29, 1.82) is 0 Å². The summed E-state index contributed by atoms with van der Waals surface area (Å²) in [7, 11) is 0. The minimum absolute atomic E-state index is 0. The molecule has 6 nitrogen and oxygen atoms in total. The normalized spacial score (nSPS) is 13.9. The van der Waals surface area contributed by atoms with Gasteiger partial charge < -0.3 is 15.5 Å². The van der Waals surface area contributed by atoms with Crippen molar-refractivity contribution in [1.82, 2.24) is 20.4 Å². The van der Waals surface area contributed by atoms with Crippen LogP contribution in [0.5, 0.6) is 0 Å². The van der Waals surface area contributed by atoms with Gasteiger partial charge >= 0.3 is 0 Å². The fourth-order valence-corrected chi connectivity index (χ4v) is 4.05. The van der Waals surface area contributed by atoms with Gasteiger partial charge in [0, 0.05) is 57.8 Å². The van der Waals surface area contributed by atoms with E-state index in [0.717, 1.165) is 51.5 Å². The van der Waals surface area contributed by atoms with Crippen molar-refractivity contribution >= 4 is 35.8 Å². The summed E-state index contributed by atoms with van der Waals surface area (Å²) in [6.45, 7) is 15.9. The van der Waals surface area contributed by atoms with E-state index >= 15 is 0 Å². The molecule has 0 aliphatic carbocycles. The summed E-state index contributed by atoms with van der Waals surface area (Å²) in [4.78, 5) is 21.7. The number of aliphatic imine (C=N–C) groups is 1. The van der Waals surface area contributed by atoms with E-state index in [4.69, 9.17) is 0 Å². The highest BCUT2D eigenvalue weighted by atomic mass is 127. The molecule has 31 heavy (non-hydrogen) atoms. The van der Waals surface area contributed by atoms with Crippen LogP contribution in [-0.4, -0.2) is 66.5 Å². The molecule has 1 aliphatic rings. The monoisotopic (exact) mass is 543 g/mol. The highest BCUT2D eigenvalue weighted by Gasteiger charge is 2.19. The average Bonchev–Trinajstić information content (AvgIpc) is 2.72. The molecule has 0 spiro atoms. The van der Waals surface area contributed by atoms with Gasteiger partial charge in [0.2, 0.25) is 5.91 Å². The maximum atomic E-state index is 12.6. The minimum Gasteiger partial charge on any atom is -0.357 e. The summed E-state index contributed by atoms with van der Waals surface area (Å²) in [5.41, 5.74) is 2.66. The van der Waals surface area contributed by atoms with Crippen LogP contribution < -0.4 is 10.6 Å². The predicted octanol–water partition coefficient (Wildman–Crippen LogP) is 3.64. The number of carbonyl (C=O) groups excluding carboxylic acids is 1. The molecule has 0 unspecified atom stereocenters. The van der Waals surface area contributed by atoms with Gasteiger partial charge in [0.25, 0.3) is 0 Å². The van der Waals surface area contributed by atoms with Gasteiger partial charge in [0.15, 0.2) is 5.96 Å². The van der Waals surface area contributed by atoms with E-state index in [2.05, 4.69) is 79.4 Å². The SMILES string of the molecule is CCNC(=NCCCC(=O)N1CCc2ccccc2C1)NCCN(C(C)C)C(C)C.I. The van der Waals surface area contributed by atoms with E-state index in [-0.39, 0.29) is 29.9 Å². The molecular formula is C24H42IN5O. The largest absolute Gasteiger partial charge is 0.357 e. The quantitative estimate of drug-likeness (QED) is 0.205. The van der Waals surface area contributed by atoms with E-state index in [0.29, 0.717) is 25.0 Å². The number of hydrogen-bond donors (Lipinski definition) is 2. The molecule has 7 heteroatoms. The molecule has 0 saturated carbocycles. The molecule has 1 aromatic rings. The first-order valence-corrected chi connectivity index (χ1v) is 11.5. The van der Waals surface area contributed by atoms with Crippen molar-refractivity contribution in [2.24, 2.45) is 4.99 Å². The fourth-order valence-electron chi connectivity index (χ4n) is 4.05. The number of guanidine groups is 1. The molecule has 1 heterocycles. The molecule has 0 radical (unpaired) electrons. The second-order valence-electron chi connectivity index (χ2n) is 8.55. The summed E-state index contributed by atoms with van der Waals surface area (Å²) in [6.07, 6.45) is 2.29. The smallest absolute Gasteiger partial charge is 0.222 e. The van der Waals surface area contributed by atoms with Crippen molar-refractivity contribution in [2.75, 3.05) is 32.7 Å². The standard InChI is InChI=1S/C24H41N5O.HI/c1-6-25-24(27-15-17-29(19(2)3)20(4)5)26-14-9-12-23(30)28-16-13-21-10-7-8-11-22(21)18-28;/h7-8,10-11,19-20H,6,9,12-18H2,1-5H3,(H2,25,26,27);1H. The fraction of sp³-hybridized carbons (Fsp3) is 0.667. The van der Waals surface area contributed by atoms with Crippen molar-refractivity contribution in [3.05, 3.63) is 35.4 Å². The van der Waals surface area contributed by atoms with Gasteiger partial charge in [-0.3, -0.25) is 14.7 Å². The summed E-state index contributed by atoms with van der Waals surface area (Å²) in [5, 5.41) is 6.73. The van der Waals surface area contributed by atoms with Crippen LogP contribution >= 0.6 is 24.0 Å². The van der Waals surface area contributed by atoms with E-state index in [1.165, 1.54) is 11.1 Å². The zero-order valence-electron chi connectivity index (χ0n) is 20.0. The van der Waals surface area contributed by atoms with E-state index in [1.54, 1.807) is 0 Å². The van der Waals surface area contributed by atoms with E-state index < -0.39 is 0 Å². The number of nitrogens with zero attached hydrogens (tertiary/aromatic N) is 3. The molecule has 176 valence electrons. The Morgan fingerprint density at radius 2 is 1.81 bits per heavy atom. The van der Waals surface area contributed by atoms with Gasteiger partial charge in [0.05, 0.1) is 0 Å². The second kappa shape index (κ2) is 14.7. The molecule has 0 aromatic heterocycles. The third-order valence-corrected chi connectivity index (χ3v) is 5.64. The summed E-state index contributed by atoms with van der Waals surface area (Å²) < 4.78 is 0. The number of nitrogens with one attached hydrogen (secondary N) is 2. The minimum atomic E-state index is 0. The Bertz CT molecular complexity index is 684. The third-order valence-electron chi connectivity index (χ3n) is 5.64. The van der Waals surface area contributed by atoms with Crippen molar-refractivity contribution in [3.8, 4) is 0 Å². The van der Waals surface area contributed by atoms with Gasteiger partial charge in [-0.05, 0) is 58.6 Å². The van der Waals surface area contributed by atoms with Crippen molar-refractivity contribution in [3.63, 3.8) is 0 Å². The lowest BCUT2D eigenvalue weighted by molar-refractivity contribution is -0.132. The first-order chi connectivity index (χ1) is 14.4. The summed E-state index contributed by atoms with van der Waals surface area (Å²) >= 11 is 0. The maximum absolute atomic E-state index is 12.6. The van der Waals surface area contributed by atoms with Crippen molar-refractivity contribution < 1.29 is 4.79 Å². The number of hydrogen-bond acceptors (Lipinski definition) is 3. The van der Waals surface area contributed by atoms with Crippen LogP contribution in [0.15, 0.2) is 29.3 Å². The van der Waals surface area contributed by atoms with Crippen LogP contribution in [0, 0.1) is 0 Å². The zero-order valence-corrected chi connectivity index (χ0v) is 22.3. The van der Waals surface area contributed by atoms with Gasteiger partial charge in [-0.15, -0.1) is 24.0 Å². The maximum Gasteiger partial charge on any atom is 0.222 e. The van der Waals surface area contributed by atoms with Crippen molar-refractivity contribution in [2.45, 2.75) is 72.5 Å². The molecule has 0 atom stereocenters. The highest BCUT2D eigenvalue weighted by Crippen LogP contribution is 2.19. The Hall–Kier alpha value is -1.35. The van der Waals surface area contributed by atoms with Gasteiger partial charge in [0.1, 0.15) is 0 Å². The van der Waals surface area contributed by atoms with Crippen LogP contribution in [-0.2, 0) is 17.8 Å². The van der Waals surface area contributed by atoms with E-state index in [9.17, 15) is 4.79 Å². The molecule has 0 saturated heterocycles. The number of halogens is 1. The van der Waals surface area contributed by atoms with Crippen LogP contribution in [0.4, 0.5) is 0 Å². The van der Waals surface area contributed by atoms with E-state index in [1.807, 2.05) is 4.90 Å². The Kier molecular flexibility index (Phi) is 13.1. The van der Waals surface area contributed by atoms with Crippen LogP contribution in [0.1, 0.15) is 58.6 Å². The number of benzene rings is 1. The molecule has 1 amide bonds. The lowest BCUT2D eigenvalue weighted by Crippen LogP contribution is -2.45. The Morgan fingerprint density at radius 1 is 1.13 bits per heavy atom. The predicted molar refractivity (Wildman–Crippen MR) is 141 cm³/mol. The number of carbonyl (C=O) groups is 1. The Balaban J connectivity index is 0.00000480. The number of fused-ring (bicyclic) bond motifs is 1. The lowest BCUT2D eigenvalue weighted by Gasteiger charge is -2.30. The van der Waals surface area contributed by atoms with Crippen LogP contribution in [0.3, 0.4) is 0 Å². The summed E-state index contributed by atoms with van der Waals surface area (Å²) in [5.74, 6) is 1.08. The number of amides is 1. The van der Waals surface area contributed by atoms with Gasteiger partial charge in [-0.2, -0.15) is 0 Å². The zero-order chi connectivity index (χ0) is 21.9. The van der Waals surface area contributed by atoms with Gasteiger partial charge in [-0.25, -0.2) is 0 Å². The summed E-state index contributed by atoms with van der Waals surface area (Å²) in [6, 6.07) is 9.49. The lowest BCUT2D eigenvalue weighted by atomic mass is 9.99. The molecule has 1 aromatic carbocycles. The molecule has 2 rings (SSSR count). The topological polar surface area (TPSA) is 60.0 Å². The van der Waals surface area contributed by atoms with Gasteiger partial charge in [-0.1, -0.05) is 24.3 Å².